The van der Waals surface area contributed by atoms with Crippen molar-refractivity contribution in [1.29, 1.82) is 0 Å². The predicted molar refractivity (Wildman–Crippen MR) is 74.3 cm³/mol. The van der Waals surface area contributed by atoms with Gasteiger partial charge in [-0.05, 0) is 24.5 Å². The minimum absolute atomic E-state index is 0.140. The third kappa shape index (κ3) is 4.71. The summed E-state index contributed by atoms with van der Waals surface area (Å²) >= 11 is 0. The van der Waals surface area contributed by atoms with Gasteiger partial charge in [0.15, 0.2) is 6.61 Å². The van der Waals surface area contributed by atoms with Crippen LogP contribution in [-0.4, -0.2) is 24.1 Å². The molecular weight excluding hydrogens is 262 g/mol. The molecule has 0 saturated heterocycles. The van der Waals surface area contributed by atoms with Crippen LogP contribution in [-0.2, 0) is 12.0 Å². The van der Waals surface area contributed by atoms with Gasteiger partial charge in [-0.3, -0.25) is 0 Å². The quantitative estimate of drug-likeness (QED) is 0.870. The first-order valence-corrected chi connectivity index (χ1v) is 7.00. The van der Waals surface area contributed by atoms with Gasteiger partial charge in [0, 0.05) is 24.1 Å². The third-order valence-corrected chi connectivity index (χ3v) is 3.16. The van der Waals surface area contributed by atoms with Crippen LogP contribution in [0, 0.1) is 0 Å². The minimum Gasteiger partial charge on any atom is -0.472 e. The van der Waals surface area contributed by atoms with E-state index in [9.17, 15) is 8.78 Å². The standard InChI is InChI=1S/C15H22F2N2O/c1-15(2,3)12-6-10(8-18-11-4-5-11)7-14(19-12)20-9-13(16)17/h6-7,11,13,18H,4-5,8-9H2,1-3H3. The maximum atomic E-state index is 12.3. The van der Waals surface area contributed by atoms with E-state index in [0.717, 1.165) is 17.8 Å². The van der Waals surface area contributed by atoms with E-state index in [-0.39, 0.29) is 11.3 Å². The van der Waals surface area contributed by atoms with Crippen LogP contribution in [0.1, 0.15) is 44.9 Å². The van der Waals surface area contributed by atoms with Crippen molar-refractivity contribution in [2.45, 2.75) is 58.0 Å². The van der Waals surface area contributed by atoms with E-state index in [1.165, 1.54) is 12.8 Å². The molecule has 1 fully saturated rings. The Hall–Kier alpha value is -1.23. The van der Waals surface area contributed by atoms with E-state index in [2.05, 4.69) is 10.3 Å². The zero-order chi connectivity index (χ0) is 14.8. The molecule has 3 nitrogen and oxygen atoms in total. The summed E-state index contributed by atoms with van der Waals surface area (Å²) < 4.78 is 29.6. The molecule has 112 valence electrons. The number of aromatic nitrogens is 1. The number of alkyl halides is 2. The molecule has 2 rings (SSSR count). The van der Waals surface area contributed by atoms with Crippen molar-refractivity contribution in [1.82, 2.24) is 10.3 Å². The third-order valence-electron chi connectivity index (χ3n) is 3.16. The SMILES string of the molecule is CC(C)(C)c1cc(CNC2CC2)cc(OCC(F)F)n1. The largest absolute Gasteiger partial charge is 0.472 e. The molecule has 0 spiro atoms. The fourth-order valence-electron chi connectivity index (χ4n) is 1.82. The molecule has 0 aromatic carbocycles. The van der Waals surface area contributed by atoms with Crippen LogP contribution >= 0.6 is 0 Å². The topological polar surface area (TPSA) is 34.1 Å². The Morgan fingerprint density at radius 3 is 2.60 bits per heavy atom. The smallest absolute Gasteiger partial charge is 0.272 e. The Kier molecular flexibility index (Phi) is 4.58. The lowest BCUT2D eigenvalue weighted by Crippen LogP contribution is -2.19. The molecule has 1 aromatic heterocycles. The summed E-state index contributed by atoms with van der Waals surface area (Å²) in [7, 11) is 0. The van der Waals surface area contributed by atoms with Crippen molar-refractivity contribution >= 4 is 0 Å². The Morgan fingerprint density at radius 2 is 2.05 bits per heavy atom. The number of rotatable bonds is 6. The highest BCUT2D eigenvalue weighted by Crippen LogP contribution is 2.25. The molecule has 0 radical (unpaired) electrons. The summed E-state index contributed by atoms with van der Waals surface area (Å²) in [5, 5.41) is 3.41. The van der Waals surface area contributed by atoms with Crippen LogP contribution in [0.25, 0.3) is 0 Å². The van der Waals surface area contributed by atoms with Crippen molar-refractivity contribution < 1.29 is 13.5 Å². The molecule has 0 bridgehead atoms. The summed E-state index contributed by atoms with van der Waals surface area (Å²) in [4.78, 5) is 4.34. The maximum Gasteiger partial charge on any atom is 0.272 e. The van der Waals surface area contributed by atoms with Gasteiger partial charge in [0.2, 0.25) is 5.88 Å². The molecule has 0 unspecified atom stereocenters. The van der Waals surface area contributed by atoms with Crippen LogP contribution in [0.5, 0.6) is 5.88 Å². The highest BCUT2D eigenvalue weighted by atomic mass is 19.3. The highest BCUT2D eigenvalue weighted by molar-refractivity contribution is 5.28. The van der Waals surface area contributed by atoms with Crippen molar-refractivity contribution in [2.24, 2.45) is 0 Å². The number of pyridine rings is 1. The molecule has 1 saturated carbocycles. The van der Waals surface area contributed by atoms with Crippen LogP contribution in [0.15, 0.2) is 12.1 Å². The lowest BCUT2D eigenvalue weighted by atomic mass is 9.91. The molecular formula is C15H22F2N2O. The summed E-state index contributed by atoms with van der Waals surface area (Å²) in [5.74, 6) is 0.283. The Morgan fingerprint density at radius 1 is 1.35 bits per heavy atom. The van der Waals surface area contributed by atoms with Crippen LogP contribution in [0.4, 0.5) is 8.78 Å². The molecule has 1 aromatic rings. The molecule has 5 heteroatoms. The predicted octanol–water partition coefficient (Wildman–Crippen LogP) is 3.28. The fourth-order valence-corrected chi connectivity index (χ4v) is 1.82. The van der Waals surface area contributed by atoms with E-state index < -0.39 is 13.0 Å². The van der Waals surface area contributed by atoms with E-state index >= 15 is 0 Å². The Bertz CT molecular complexity index is 429. The van der Waals surface area contributed by atoms with Gasteiger partial charge in [-0.25, -0.2) is 13.8 Å². The normalized spacial score (nSPS) is 15.7. The van der Waals surface area contributed by atoms with Gasteiger partial charge in [0.05, 0.1) is 5.69 Å². The number of ether oxygens (including phenoxy) is 1. The first kappa shape index (κ1) is 15.2. The van der Waals surface area contributed by atoms with Crippen molar-refractivity contribution in [3.63, 3.8) is 0 Å². The second-order valence-corrected chi connectivity index (χ2v) is 6.31. The first-order chi connectivity index (χ1) is 9.34. The number of hydrogen-bond donors (Lipinski definition) is 1. The van der Waals surface area contributed by atoms with E-state index in [1.54, 1.807) is 6.07 Å². The number of nitrogens with zero attached hydrogens (tertiary/aromatic N) is 1. The van der Waals surface area contributed by atoms with Crippen molar-refractivity contribution in [2.75, 3.05) is 6.61 Å². The van der Waals surface area contributed by atoms with Gasteiger partial charge >= 0.3 is 0 Å². The van der Waals surface area contributed by atoms with Gasteiger partial charge in [-0.15, -0.1) is 0 Å². The van der Waals surface area contributed by atoms with Gasteiger partial charge in [0.25, 0.3) is 6.43 Å². The Labute approximate surface area is 118 Å². The monoisotopic (exact) mass is 284 g/mol. The Balaban J connectivity index is 2.13. The molecule has 1 aliphatic rings. The zero-order valence-electron chi connectivity index (χ0n) is 12.2. The lowest BCUT2D eigenvalue weighted by molar-refractivity contribution is 0.0793. The van der Waals surface area contributed by atoms with Crippen LogP contribution in [0.2, 0.25) is 0 Å². The number of halogens is 2. The maximum absolute atomic E-state index is 12.3. The van der Waals surface area contributed by atoms with E-state index in [0.29, 0.717) is 6.04 Å². The average Bonchev–Trinajstić information content (AvgIpc) is 3.16. The molecule has 0 aliphatic heterocycles. The first-order valence-electron chi connectivity index (χ1n) is 7.00. The number of hydrogen-bond acceptors (Lipinski definition) is 3. The van der Waals surface area contributed by atoms with Crippen molar-refractivity contribution in [3.05, 3.63) is 23.4 Å². The fraction of sp³-hybridized carbons (Fsp3) is 0.667. The van der Waals surface area contributed by atoms with Crippen LogP contribution in [0.3, 0.4) is 0 Å². The van der Waals surface area contributed by atoms with Gasteiger partial charge in [0.1, 0.15) is 0 Å². The van der Waals surface area contributed by atoms with Gasteiger partial charge in [-0.1, -0.05) is 20.8 Å². The molecule has 0 atom stereocenters. The van der Waals surface area contributed by atoms with Crippen LogP contribution < -0.4 is 10.1 Å². The zero-order valence-corrected chi connectivity index (χ0v) is 12.2. The van der Waals surface area contributed by atoms with Crippen molar-refractivity contribution in [3.8, 4) is 5.88 Å². The highest BCUT2D eigenvalue weighted by Gasteiger charge is 2.22. The van der Waals surface area contributed by atoms with Gasteiger partial charge < -0.3 is 10.1 Å². The van der Waals surface area contributed by atoms with E-state index in [4.69, 9.17) is 4.74 Å². The molecule has 1 N–H and O–H groups in total. The average molecular weight is 284 g/mol. The molecule has 0 amide bonds. The van der Waals surface area contributed by atoms with Gasteiger partial charge in [-0.2, -0.15) is 0 Å². The molecule has 20 heavy (non-hydrogen) atoms. The second kappa shape index (κ2) is 6.04. The molecule has 1 heterocycles. The second-order valence-electron chi connectivity index (χ2n) is 6.31. The lowest BCUT2D eigenvalue weighted by Gasteiger charge is -2.20. The summed E-state index contributed by atoms with van der Waals surface area (Å²) in [6.07, 6.45) is -0.0547. The number of nitrogens with one attached hydrogen (secondary N) is 1. The summed E-state index contributed by atoms with van der Waals surface area (Å²) in [6, 6.07) is 4.36. The molecule has 1 aliphatic carbocycles. The minimum atomic E-state index is -2.48. The summed E-state index contributed by atoms with van der Waals surface area (Å²) in [5.41, 5.74) is 1.75. The summed E-state index contributed by atoms with van der Waals surface area (Å²) in [6.45, 7) is 6.25. The van der Waals surface area contributed by atoms with E-state index in [1.807, 2.05) is 26.8 Å².